The molecule has 0 aromatic heterocycles. The Morgan fingerprint density at radius 1 is 0.280 bits per heavy atom. The van der Waals surface area contributed by atoms with Gasteiger partial charge in [-0.25, -0.2) is 0 Å². The van der Waals surface area contributed by atoms with Crippen molar-refractivity contribution < 1.29 is 0 Å². The minimum Gasteiger partial charge on any atom is -0.311 e. The Kier molecular flexibility index (Phi) is 16.0. The number of benzene rings is 9. The quantitative estimate of drug-likeness (QED) is 0.141. The Balaban J connectivity index is 1.15. The first-order valence-electron chi connectivity index (χ1n) is 37.9. The standard InChI is InChI=1S/C95H115BN4/c1-60-52-73-76(94(22,23)50-48-91(73,16)17)58-80(60)100-81-54-70(97(65-34-26-61(27-35-65)86(2,3)4)66-36-28-62(29-37-66)87(5,6)7)43-45-78(81)96-79-57-75-77(95(24,25)51-49-93(75,20)21)59-82(79)99(69-42-44-72-74(53-69)92(18,19)47-46-90(72,14)15)83-55-71(56-84(100)85(83)96)98(67-38-30-63(31-39-67)88(8,9)10)68-40-32-64(33-41-68)89(11,12)13/h26-45,52-59H,46-51H2,1-25H3. The summed E-state index contributed by atoms with van der Waals surface area (Å²) in [4.78, 5) is 10.6. The summed E-state index contributed by atoms with van der Waals surface area (Å²) in [6, 6.07) is 69.1. The fourth-order valence-electron chi connectivity index (χ4n) is 17.8. The molecule has 9 aromatic rings. The second kappa shape index (κ2) is 23.1. The first-order chi connectivity index (χ1) is 46.4. The zero-order chi connectivity index (χ0) is 71.9. The van der Waals surface area contributed by atoms with Crippen LogP contribution in [-0.4, -0.2) is 6.71 Å². The molecule has 5 heteroatoms. The third-order valence-electron chi connectivity index (χ3n) is 25.0. The lowest BCUT2D eigenvalue weighted by molar-refractivity contribution is 0.332. The predicted molar refractivity (Wildman–Crippen MR) is 435 cm³/mol. The van der Waals surface area contributed by atoms with Crippen LogP contribution in [0.15, 0.2) is 170 Å². The third-order valence-corrected chi connectivity index (χ3v) is 25.0. The molecule has 518 valence electrons. The molecule has 5 aliphatic rings. The van der Waals surface area contributed by atoms with Crippen LogP contribution in [0, 0.1) is 6.92 Å². The van der Waals surface area contributed by atoms with Crippen molar-refractivity contribution in [1.29, 1.82) is 0 Å². The van der Waals surface area contributed by atoms with Crippen molar-refractivity contribution in [3.05, 3.63) is 231 Å². The van der Waals surface area contributed by atoms with E-state index in [0.717, 1.165) is 72.6 Å². The summed E-state index contributed by atoms with van der Waals surface area (Å²) >= 11 is 0. The summed E-state index contributed by atoms with van der Waals surface area (Å²) in [5.41, 5.74) is 33.4. The van der Waals surface area contributed by atoms with Crippen molar-refractivity contribution in [1.82, 2.24) is 0 Å². The molecule has 9 aromatic carbocycles. The van der Waals surface area contributed by atoms with Gasteiger partial charge < -0.3 is 19.6 Å². The molecular weight excluding hydrogens is 1210 g/mol. The molecule has 0 atom stereocenters. The number of nitrogens with zero attached hydrogens (tertiary/aromatic N) is 4. The minimum absolute atomic E-state index is 0.00349. The van der Waals surface area contributed by atoms with Crippen molar-refractivity contribution in [3.63, 3.8) is 0 Å². The molecule has 0 saturated heterocycles. The second-order valence-corrected chi connectivity index (χ2v) is 39.3. The Hall–Kier alpha value is -7.76. The average Bonchev–Trinajstić information content (AvgIpc) is 0.685. The molecular formula is C95H115BN4. The first-order valence-corrected chi connectivity index (χ1v) is 37.9. The van der Waals surface area contributed by atoms with E-state index in [4.69, 9.17) is 0 Å². The summed E-state index contributed by atoms with van der Waals surface area (Å²) < 4.78 is 0. The van der Waals surface area contributed by atoms with Gasteiger partial charge in [-0.05, 0) is 274 Å². The molecule has 0 N–H and O–H groups in total. The van der Waals surface area contributed by atoms with Crippen LogP contribution in [-0.2, 0) is 54.1 Å². The third kappa shape index (κ3) is 11.8. The van der Waals surface area contributed by atoms with Crippen LogP contribution in [0.3, 0.4) is 0 Å². The monoisotopic (exact) mass is 1320 g/mol. The maximum Gasteiger partial charge on any atom is 0.252 e. The summed E-state index contributed by atoms with van der Waals surface area (Å²) in [7, 11) is 0. The summed E-state index contributed by atoms with van der Waals surface area (Å²) in [6.07, 6.45) is 6.83. The molecule has 0 saturated carbocycles. The summed E-state index contributed by atoms with van der Waals surface area (Å²) in [6.45, 7) is 60.2. The molecule has 0 radical (unpaired) electrons. The van der Waals surface area contributed by atoms with Gasteiger partial charge in [-0.3, -0.25) is 0 Å². The van der Waals surface area contributed by atoms with Crippen LogP contribution in [0.5, 0.6) is 0 Å². The van der Waals surface area contributed by atoms with E-state index in [0.29, 0.717) is 0 Å². The molecule has 0 unspecified atom stereocenters. The van der Waals surface area contributed by atoms with Gasteiger partial charge in [0.15, 0.2) is 0 Å². The van der Waals surface area contributed by atoms with Gasteiger partial charge in [0.2, 0.25) is 0 Å². The van der Waals surface area contributed by atoms with Gasteiger partial charge in [-0.1, -0.05) is 239 Å². The summed E-state index contributed by atoms with van der Waals surface area (Å²) in [5.74, 6) is 0. The highest BCUT2D eigenvalue weighted by Gasteiger charge is 2.49. The highest BCUT2D eigenvalue weighted by atomic mass is 15.2. The number of fused-ring (bicyclic) bond motifs is 7. The number of anilines is 12. The molecule has 14 rings (SSSR count). The molecule has 0 fully saturated rings. The van der Waals surface area contributed by atoms with Gasteiger partial charge >= 0.3 is 0 Å². The Morgan fingerprint density at radius 2 is 0.590 bits per heavy atom. The van der Waals surface area contributed by atoms with Crippen LogP contribution in [0.1, 0.15) is 266 Å². The number of hydrogen-bond donors (Lipinski definition) is 0. The predicted octanol–water partition coefficient (Wildman–Crippen LogP) is 25.3. The molecule has 0 amide bonds. The van der Waals surface area contributed by atoms with Crippen LogP contribution in [0.25, 0.3) is 0 Å². The van der Waals surface area contributed by atoms with E-state index in [-0.39, 0.29) is 60.9 Å². The van der Waals surface area contributed by atoms with Crippen LogP contribution < -0.4 is 36.0 Å². The molecule has 100 heavy (non-hydrogen) atoms. The number of hydrogen-bond acceptors (Lipinski definition) is 4. The minimum atomic E-state index is -0.130. The van der Waals surface area contributed by atoms with Gasteiger partial charge in [-0.2, -0.15) is 0 Å². The summed E-state index contributed by atoms with van der Waals surface area (Å²) in [5, 5.41) is 0. The Labute approximate surface area is 604 Å². The van der Waals surface area contributed by atoms with Crippen LogP contribution in [0.2, 0.25) is 0 Å². The second-order valence-electron chi connectivity index (χ2n) is 39.3. The zero-order valence-corrected chi connectivity index (χ0v) is 65.8. The SMILES string of the molecule is Cc1cc2c(cc1N1c3cc(N(c4ccc(C(C)(C)C)cc4)c4ccc(C(C)(C)C)cc4)ccc3B3c4cc5c(cc4N(c4ccc6c(c4)C(C)(C)CCC6(C)C)c4cc(N(c6ccc(C(C)(C)C)cc6)c6ccc(C(C)(C)C)cc6)cc1c43)C(C)(C)CCC5(C)C)C(C)(C)CCC2(C)C. The van der Waals surface area contributed by atoms with Crippen molar-refractivity contribution >= 4 is 91.3 Å². The molecule has 3 aliphatic carbocycles. The van der Waals surface area contributed by atoms with Crippen molar-refractivity contribution in [3.8, 4) is 0 Å². The Morgan fingerprint density at radius 3 is 0.990 bits per heavy atom. The lowest BCUT2D eigenvalue weighted by atomic mass is 9.33. The van der Waals surface area contributed by atoms with E-state index in [2.05, 4.69) is 363 Å². The molecule has 2 heterocycles. The number of rotatable bonds is 8. The normalized spacial score (nSPS) is 18.2. The van der Waals surface area contributed by atoms with Crippen molar-refractivity contribution in [2.75, 3.05) is 19.6 Å². The Bertz CT molecular complexity index is 4580. The largest absolute Gasteiger partial charge is 0.311 e. The van der Waals surface area contributed by atoms with E-state index in [1.54, 1.807) is 0 Å². The fourth-order valence-corrected chi connectivity index (χ4v) is 17.8. The van der Waals surface area contributed by atoms with Gasteiger partial charge in [0.25, 0.3) is 6.71 Å². The van der Waals surface area contributed by atoms with E-state index < -0.39 is 0 Å². The van der Waals surface area contributed by atoms with E-state index in [9.17, 15) is 0 Å². The van der Waals surface area contributed by atoms with Crippen LogP contribution >= 0.6 is 0 Å². The molecule has 0 spiro atoms. The van der Waals surface area contributed by atoms with Crippen molar-refractivity contribution in [2.45, 2.75) is 266 Å². The van der Waals surface area contributed by atoms with Crippen molar-refractivity contribution in [2.24, 2.45) is 0 Å². The topological polar surface area (TPSA) is 13.0 Å². The zero-order valence-electron chi connectivity index (χ0n) is 65.8. The fraction of sp³-hybridized carbons (Fsp3) is 0.432. The van der Waals surface area contributed by atoms with Crippen LogP contribution in [0.4, 0.5) is 68.2 Å². The van der Waals surface area contributed by atoms with Gasteiger partial charge in [-0.15, -0.1) is 0 Å². The molecule has 4 nitrogen and oxygen atoms in total. The lowest BCUT2D eigenvalue weighted by Crippen LogP contribution is -2.62. The smallest absolute Gasteiger partial charge is 0.252 e. The molecule has 2 aliphatic heterocycles. The maximum atomic E-state index is 2.77. The molecule has 0 bridgehead atoms. The van der Waals surface area contributed by atoms with Gasteiger partial charge in [0, 0.05) is 62.6 Å². The van der Waals surface area contributed by atoms with Gasteiger partial charge in [0.05, 0.1) is 5.69 Å². The van der Waals surface area contributed by atoms with E-state index in [1.807, 2.05) is 0 Å². The van der Waals surface area contributed by atoms with E-state index >= 15 is 0 Å². The van der Waals surface area contributed by atoms with E-state index in [1.165, 1.54) is 112 Å². The highest BCUT2D eigenvalue weighted by molar-refractivity contribution is 7.00. The first kappa shape index (κ1) is 69.3. The maximum absolute atomic E-state index is 2.77. The average molecular weight is 1320 g/mol. The number of aryl methyl sites for hydroxylation is 1. The lowest BCUT2D eigenvalue weighted by Gasteiger charge is -2.49. The highest BCUT2D eigenvalue weighted by Crippen LogP contribution is 2.57. The van der Waals surface area contributed by atoms with Gasteiger partial charge in [0.1, 0.15) is 0 Å².